The summed E-state index contributed by atoms with van der Waals surface area (Å²) in [4.78, 5) is 1.97. The summed E-state index contributed by atoms with van der Waals surface area (Å²) in [6.45, 7) is 10.3. The Morgan fingerprint density at radius 1 is 1.17 bits per heavy atom. The zero-order chi connectivity index (χ0) is 22.5. The van der Waals surface area contributed by atoms with Crippen molar-refractivity contribution in [2.45, 2.75) is 71.5 Å². The van der Waals surface area contributed by atoms with Crippen molar-refractivity contribution in [3.63, 3.8) is 0 Å². The Hall–Kier alpha value is -1.95. The lowest BCUT2D eigenvalue weighted by molar-refractivity contribution is -0.185. The number of aryl methyl sites for hydroxylation is 1. The number of piperidine rings is 1. The number of nitrogens with zero attached hydrogens (tertiary/aromatic N) is 1. The standard InChI is InChI=1S/C21H28F3NO2.C3H6/c1-13-4-3-5-15(10-13)19-18(26)11-14(2)17(20(19)27)12-25-8-6-16(7-9-25)21(22,23)24;1-3-2/h10-11,15-16,26-27H,3-9,12H2,1-2H3;3H,1H2,2H3. The fourth-order valence-electron chi connectivity index (χ4n) is 4.39. The predicted molar refractivity (Wildman–Crippen MR) is 115 cm³/mol. The molecule has 1 unspecified atom stereocenters. The third-order valence-corrected chi connectivity index (χ3v) is 6.02. The summed E-state index contributed by atoms with van der Waals surface area (Å²) in [5.74, 6) is -1.05. The number of allylic oxidation sites excluding steroid dienone is 3. The summed E-state index contributed by atoms with van der Waals surface area (Å²) in [5, 5.41) is 21.3. The molecular formula is C24H34F3NO2. The Morgan fingerprint density at radius 3 is 2.30 bits per heavy atom. The second-order valence-electron chi connectivity index (χ2n) is 8.47. The lowest BCUT2D eigenvalue weighted by atomic mass is 9.83. The average Bonchev–Trinajstić information content (AvgIpc) is 2.65. The average molecular weight is 426 g/mol. The molecule has 0 aromatic heterocycles. The van der Waals surface area contributed by atoms with Crippen molar-refractivity contribution < 1.29 is 23.4 Å². The Labute approximate surface area is 177 Å². The molecule has 2 N–H and O–H groups in total. The van der Waals surface area contributed by atoms with Gasteiger partial charge in [0.2, 0.25) is 0 Å². The topological polar surface area (TPSA) is 43.7 Å². The minimum absolute atomic E-state index is 0.0194. The molecule has 1 aromatic carbocycles. The molecule has 168 valence electrons. The minimum atomic E-state index is -4.12. The molecular weight excluding hydrogens is 391 g/mol. The number of alkyl halides is 3. The number of halogens is 3. The molecule has 1 aliphatic heterocycles. The quantitative estimate of drug-likeness (QED) is 0.537. The van der Waals surface area contributed by atoms with Crippen LogP contribution in [0.25, 0.3) is 0 Å². The number of hydrogen-bond acceptors (Lipinski definition) is 3. The van der Waals surface area contributed by atoms with Crippen LogP contribution >= 0.6 is 0 Å². The van der Waals surface area contributed by atoms with Crippen LogP contribution in [-0.2, 0) is 6.54 Å². The van der Waals surface area contributed by atoms with Crippen LogP contribution in [-0.4, -0.2) is 34.4 Å². The van der Waals surface area contributed by atoms with Gasteiger partial charge in [0.15, 0.2) is 0 Å². The zero-order valence-corrected chi connectivity index (χ0v) is 18.2. The first-order valence-electron chi connectivity index (χ1n) is 10.7. The molecule has 0 radical (unpaired) electrons. The van der Waals surface area contributed by atoms with Gasteiger partial charge in [-0.05, 0) is 77.6 Å². The van der Waals surface area contributed by atoms with Gasteiger partial charge in [0, 0.05) is 23.6 Å². The van der Waals surface area contributed by atoms with Crippen LogP contribution in [0.2, 0.25) is 0 Å². The van der Waals surface area contributed by atoms with Crippen molar-refractivity contribution in [3.05, 3.63) is 47.1 Å². The monoisotopic (exact) mass is 425 g/mol. The first kappa shape index (κ1) is 24.3. The van der Waals surface area contributed by atoms with E-state index in [4.69, 9.17) is 0 Å². The van der Waals surface area contributed by atoms with Crippen molar-refractivity contribution in [2.75, 3.05) is 13.1 Å². The normalized spacial score (nSPS) is 20.9. The van der Waals surface area contributed by atoms with E-state index in [1.807, 2.05) is 18.7 Å². The van der Waals surface area contributed by atoms with E-state index in [-0.39, 0.29) is 30.3 Å². The molecule has 0 bridgehead atoms. The summed E-state index contributed by atoms with van der Waals surface area (Å²) in [6.07, 6.45) is 2.84. The van der Waals surface area contributed by atoms with E-state index >= 15 is 0 Å². The number of rotatable bonds is 3. The van der Waals surface area contributed by atoms with Gasteiger partial charge in [0.25, 0.3) is 0 Å². The maximum Gasteiger partial charge on any atom is 0.391 e. The summed E-state index contributed by atoms with van der Waals surface area (Å²) in [5.41, 5.74) is 3.29. The van der Waals surface area contributed by atoms with Crippen molar-refractivity contribution >= 4 is 0 Å². The second kappa shape index (κ2) is 10.4. The van der Waals surface area contributed by atoms with E-state index in [0.717, 1.165) is 24.8 Å². The summed E-state index contributed by atoms with van der Waals surface area (Å²) in [7, 11) is 0. The first-order chi connectivity index (χ1) is 14.1. The van der Waals surface area contributed by atoms with Crippen LogP contribution in [0.1, 0.15) is 68.6 Å². The molecule has 1 aromatic rings. The molecule has 0 amide bonds. The van der Waals surface area contributed by atoms with E-state index in [9.17, 15) is 23.4 Å². The van der Waals surface area contributed by atoms with Crippen molar-refractivity contribution in [1.29, 1.82) is 0 Å². The number of hydrogen-bond donors (Lipinski definition) is 2. The maximum absolute atomic E-state index is 12.9. The first-order valence-corrected chi connectivity index (χ1v) is 10.7. The highest BCUT2D eigenvalue weighted by molar-refractivity contribution is 5.55. The lowest BCUT2D eigenvalue weighted by Gasteiger charge is -2.33. The summed E-state index contributed by atoms with van der Waals surface area (Å²) in [6, 6.07) is 1.67. The number of benzene rings is 1. The van der Waals surface area contributed by atoms with Crippen LogP contribution in [0.3, 0.4) is 0 Å². The van der Waals surface area contributed by atoms with Crippen molar-refractivity contribution in [3.8, 4) is 11.5 Å². The van der Waals surface area contributed by atoms with Crippen LogP contribution in [0, 0.1) is 12.8 Å². The summed E-state index contributed by atoms with van der Waals surface area (Å²) < 4.78 is 38.6. The molecule has 3 rings (SSSR count). The highest BCUT2D eigenvalue weighted by Gasteiger charge is 2.41. The molecule has 0 saturated carbocycles. The number of phenolic OH excluding ortho intramolecular Hbond substituents is 2. The van der Waals surface area contributed by atoms with E-state index in [1.54, 1.807) is 12.1 Å². The highest BCUT2D eigenvalue weighted by atomic mass is 19.4. The molecule has 1 heterocycles. The highest BCUT2D eigenvalue weighted by Crippen LogP contribution is 2.44. The Bertz CT molecular complexity index is 763. The molecule has 1 atom stereocenters. The largest absolute Gasteiger partial charge is 0.507 e. The fraction of sp³-hybridized carbons (Fsp3) is 0.583. The molecule has 1 aliphatic carbocycles. The predicted octanol–water partition coefficient (Wildman–Crippen LogP) is 6.59. The zero-order valence-electron chi connectivity index (χ0n) is 18.2. The maximum atomic E-state index is 12.9. The molecule has 2 aliphatic rings. The lowest BCUT2D eigenvalue weighted by Crippen LogP contribution is -2.38. The molecule has 0 spiro atoms. The van der Waals surface area contributed by atoms with Gasteiger partial charge in [-0.25, -0.2) is 0 Å². The van der Waals surface area contributed by atoms with Crippen LogP contribution < -0.4 is 0 Å². The van der Waals surface area contributed by atoms with Crippen LogP contribution in [0.15, 0.2) is 30.4 Å². The van der Waals surface area contributed by atoms with Crippen molar-refractivity contribution in [2.24, 2.45) is 5.92 Å². The van der Waals surface area contributed by atoms with Gasteiger partial charge >= 0.3 is 6.18 Å². The fourth-order valence-corrected chi connectivity index (χ4v) is 4.39. The van der Waals surface area contributed by atoms with Crippen molar-refractivity contribution in [1.82, 2.24) is 4.90 Å². The Kier molecular flexibility index (Phi) is 8.42. The van der Waals surface area contributed by atoms with Gasteiger partial charge in [0.1, 0.15) is 11.5 Å². The van der Waals surface area contributed by atoms with Gasteiger partial charge < -0.3 is 10.2 Å². The Balaban J connectivity index is 0.00000101. The Morgan fingerprint density at radius 2 is 1.77 bits per heavy atom. The van der Waals surface area contributed by atoms with E-state index < -0.39 is 12.1 Å². The smallest absolute Gasteiger partial charge is 0.391 e. The minimum Gasteiger partial charge on any atom is -0.507 e. The molecule has 1 fully saturated rings. The third-order valence-electron chi connectivity index (χ3n) is 6.02. The number of phenols is 2. The SMILES string of the molecule is C=CC.CC1=CC(c2c(O)cc(C)c(CN3CCC(C(F)(F)F)CC3)c2O)CCC1. The molecule has 6 heteroatoms. The third kappa shape index (κ3) is 6.03. The van der Waals surface area contributed by atoms with Gasteiger partial charge in [-0.3, -0.25) is 4.90 Å². The second-order valence-corrected chi connectivity index (χ2v) is 8.47. The van der Waals surface area contributed by atoms with E-state index in [2.05, 4.69) is 19.6 Å². The number of aromatic hydroxyl groups is 2. The van der Waals surface area contributed by atoms with Gasteiger partial charge in [0.05, 0.1) is 5.92 Å². The van der Waals surface area contributed by atoms with Crippen LogP contribution in [0.5, 0.6) is 11.5 Å². The molecule has 30 heavy (non-hydrogen) atoms. The van der Waals surface area contributed by atoms with Crippen LogP contribution in [0.4, 0.5) is 13.2 Å². The van der Waals surface area contributed by atoms with Gasteiger partial charge in [-0.2, -0.15) is 13.2 Å². The van der Waals surface area contributed by atoms with E-state index in [0.29, 0.717) is 30.8 Å². The van der Waals surface area contributed by atoms with Gasteiger partial charge in [-0.1, -0.05) is 17.7 Å². The molecule has 1 saturated heterocycles. The van der Waals surface area contributed by atoms with Gasteiger partial charge in [-0.15, -0.1) is 6.58 Å². The summed E-state index contributed by atoms with van der Waals surface area (Å²) >= 11 is 0. The number of likely N-dealkylation sites (tertiary alicyclic amines) is 1. The van der Waals surface area contributed by atoms with E-state index in [1.165, 1.54) is 5.57 Å². The molecule has 3 nitrogen and oxygen atoms in total.